The van der Waals surface area contributed by atoms with Crippen LogP contribution in [-0.4, -0.2) is 48.4 Å². The van der Waals surface area contributed by atoms with Gasteiger partial charge >= 0.3 is 6.18 Å². The zero-order chi connectivity index (χ0) is 28.2. The van der Waals surface area contributed by atoms with Crippen molar-refractivity contribution in [3.05, 3.63) is 75.1 Å². The second-order valence-electron chi connectivity index (χ2n) is 10.4. The number of alkyl halides is 3. The minimum absolute atomic E-state index is 0.120. The largest absolute Gasteiger partial charge is 0.408 e. The van der Waals surface area contributed by atoms with Gasteiger partial charge in [0.05, 0.1) is 30.5 Å². The van der Waals surface area contributed by atoms with E-state index in [1.54, 1.807) is 22.6 Å². The molecule has 0 spiro atoms. The minimum atomic E-state index is -4.39. The molecular formula is C27H26ClF3N6O2. The van der Waals surface area contributed by atoms with E-state index in [-0.39, 0.29) is 41.0 Å². The van der Waals surface area contributed by atoms with Crippen molar-refractivity contribution in [2.75, 3.05) is 0 Å². The smallest absolute Gasteiger partial charge is 0.331 e. The second-order valence-corrected chi connectivity index (χ2v) is 10.8. The molecule has 3 aromatic rings. The average molecular weight is 559 g/mol. The van der Waals surface area contributed by atoms with Gasteiger partial charge in [0.15, 0.2) is 5.78 Å². The van der Waals surface area contributed by atoms with Crippen molar-refractivity contribution in [3.8, 4) is 0 Å². The van der Waals surface area contributed by atoms with Gasteiger partial charge in [0.1, 0.15) is 12.2 Å². The van der Waals surface area contributed by atoms with Gasteiger partial charge in [-0.25, -0.2) is 4.85 Å². The molecule has 5 rings (SSSR count). The van der Waals surface area contributed by atoms with Crippen LogP contribution in [0.1, 0.15) is 76.9 Å². The van der Waals surface area contributed by atoms with Gasteiger partial charge in [-0.1, -0.05) is 30.7 Å². The molecule has 12 heteroatoms. The first-order chi connectivity index (χ1) is 18.4. The zero-order valence-electron chi connectivity index (χ0n) is 21.5. The van der Waals surface area contributed by atoms with Gasteiger partial charge in [0.25, 0.3) is 5.91 Å². The van der Waals surface area contributed by atoms with Crippen molar-refractivity contribution in [2.24, 2.45) is 5.92 Å². The minimum Gasteiger partial charge on any atom is -0.331 e. The molecule has 0 fully saturated rings. The van der Waals surface area contributed by atoms with Crippen LogP contribution >= 0.6 is 11.6 Å². The highest BCUT2D eigenvalue weighted by atomic mass is 35.5. The molecule has 204 valence electrons. The number of rotatable bonds is 4. The van der Waals surface area contributed by atoms with Crippen LogP contribution in [0.2, 0.25) is 5.02 Å². The molecule has 39 heavy (non-hydrogen) atoms. The van der Waals surface area contributed by atoms with Gasteiger partial charge in [0, 0.05) is 46.6 Å². The van der Waals surface area contributed by atoms with E-state index in [0.717, 1.165) is 10.4 Å². The van der Waals surface area contributed by atoms with Crippen molar-refractivity contribution in [2.45, 2.75) is 70.9 Å². The summed E-state index contributed by atoms with van der Waals surface area (Å²) in [6.45, 7) is 12.0. The van der Waals surface area contributed by atoms with E-state index in [0.29, 0.717) is 35.4 Å². The number of halogens is 4. The lowest BCUT2D eigenvalue weighted by molar-refractivity contribution is -0.142. The van der Waals surface area contributed by atoms with Crippen molar-refractivity contribution < 1.29 is 22.8 Å². The van der Waals surface area contributed by atoms with Gasteiger partial charge in [-0.05, 0) is 32.4 Å². The van der Waals surface area contributed by atoms with Crippen LogP contribution in [0.15, 0.2) is 30.5 Å². The molecule has 0 N–H and O–H groups in total. The summed E-state index contributed by atoms with van der Waals surface area (Å²) in [5.41, 5.74) is 2.85. The molecule has 1 aromatic carbocycles. The SMILES string of the molecule is [C-]#[N+]c1cc(C(=O)N2Cc3c(nn4c3C(=O)C([C@@H](C)c3ccn(CC(F)(F)F)n3)C[C@H]4C)C[C@H]2C)ccc1Cl. The Labute approximate surface area is 228 Å². The fourth-order valence-electron chi connectivity index (χ4n) is 5.59. The van der Waals surface area contributed by atoms with E-state index in [2.05, 4.69) is 9.94 Å². The Bertz CT molecular complexity index is 1500. The first kappa shape index (κ1) is 26.9. The maximum absolute atomic E-state index is 13.9. The number of nitrogens with zero attached hydrogens (tertiary/aromatic N) is 6. The Balaban J connectivity index is 1.44. The fourth-order valence-corrected chi connectivity index (χ4v) is 5.75. The van der Waals surface area contributed by atoms with E-state index in [9.17, 15) is 22.8 Å². The monoisotopic (exact) mass is 558 g/mol. The normalized spacial score (nSPS) is 21.7. The number of aromatic nitrogens is 4. The highest BCUT2D eigenvalue weighted by Crippen LogP contribution is 2.41. The summed E-state index contributed by atoms with van der Waals surface area (Å²) in [6, 6.07) is 5.80. The number of ketones is 1. The lowest BCUT2D eigenvalue weighted by Crippen LogP contribution is -2.43. The summed E-state index contributed by atoms with van der Waals surface area (Å²) in [5, 5.41) is 9.11. The molecule has 2 aromatic heterocycles. The van der Waals surface area contributed by atoms with Crippen LogP contribution in [0.25, 0.3) is 4.85 Å². The van der Waals surface area contributed by atoms with Crippen LogP contribution in [0.4, 0.5) is 18.9 Å². The molecule has 0 saturated carbocycles. The molecule has 0 aliphatic carbocycles. The quantitative estimate of drug-likeness (QED) is 0.368. The third-order valence-electron chi connectivity index (χ3n) is 7.67. The molecule has 8 nitrogen and oxygen atoms in total. The van der Waals surface area contributed by atoms with Crippen molar-refractivity contribution in [3.63, 3.8) is 0 Å². The number of amides is 1. The molecule has 4 atom stereocenters. The lowest BCUT2D eigenvalue weighted by Gasteiger charge is -2.34. The van der Waals surface area contributed by atoms with Crippen LogP contribution in [0.3, 0.4) is 0 Å². The van der Waals surface area contributed by atoms with E-state index < -0.39 is 24.6 Å². The Morgan fingerprint density at radius 1 is 1.23 bits per heavy atom. The summed E-state index contributed by atoms with van der Waals surface area (Å²) in [6.07, 6.45) is -2.17. The molecular weight excluding hydrogens is 533 g/mol. The standard InChI is InChI=1S/C27H26ClF3N6O2/c1-14-10-22-19(12-36(14)26(39)17-5-6-20(28)23(11-17)32-4)24-25(38)18(9-15(2)37(24)34-22)16(3)21-7-8-35(33-21)13-27(29,30)31/h5-8,11,14-16,18H,9-10,12-13H2,1-3H3/t14-,15-,16-,18?/m1/s1. The molecule has 2 aliphatic rings. The molecule has 1 amide bonds. The topological polar surface area (TPSA) is 77.4 Å². The highest BCUT2D eigenvalue weighted by Gasteiger charge is 2.42. The van der Waals surface area contributed by atoms with Gasteiger partial charge in [0.2, 0.25) is 5.69 Å². The maximum Gasteiger partial charge on any atom is 0.408 e. The number of carbonyl (C=O) groups excluding carboxylic acids is 2. The van der Waals surface area contributed by atoms with Crippen molar-refractivity contribution in [1.29, 1.82) is 0 Å². The van der Waals surface area contributed by atoms with Crippen LogP contribution in [-0.2, 0) is 19.5 Å². The van der Waals surface area contributed by atoms with Crippen molar-refractivity contribution in [1.82, 2.24) is 24.5 Å². The lowest BCUT2D eigenvalue weighted by atomic mass is 9.79. The van der Waals surface area contributed by atoms with Crippen LogP contribution in [0, 0.1) is 12.5 Å². The second kappa shape index (κ2) is 9.83. The predicted octanol–water partition coefficient (Wildman–Crippen LogP) is 6.00. The number of Topliss-reactive ketones (excluding diaryl/α,β-unsaturated/α-hetero) is 1. The Hall–Kier alpha value is -3.65. The van der Waals surface area contributed by atoms with Gasteiger partial charge < -0.3 is 4.90 Å². The van der Waals surface area contributed by atoms with Gasteiger partial charge in [-0.3, -0.25) is 19.0 Å². The first-order valence-corrected chi connectivity index (χ1v) is 13.0. The Kier molecular flexibility index (Phi) is 6.79. The fraction of sp³-hybridized carbons (Fsp3) is 0.444. The number of fused-ring (bicyclic) bond motifs is 3. The summed E-state index contributed by atoms with van der Waals surface area (Å²) < 4.78 is 41.0. The number of benzene rings is 1. The molecule has 2 aliphatic heterocycles. The van der Waals surface area contributed by atoms with Crippen LogP contribution in [0.5, 0.6) is 0 Å². The Morgan fingerprint density at radius 2 is 1.97 bits per heavy atom. The van der Waals surface area contributed by atoms with E-state index in [1.165, 1.54) is 24.4 Å². The number of hydrogen-bond acceptors (Lipinski definition) is 4. The summed E-state index contributed by atoms with van der Waals surface area (Å²) in [4.78, 5) is 32.4. The molecule has 0 bridgehead atoms. The van der Waals surface area contributed by atoms with Gasteiger partial charge in [-0.15, -0.1) is 0 Å². The molecule has 1 unspecified atom stereocenters. The van der Waals surface area contributed by atoms with Gasteiger partial charge in [-0.2, -0.15) is 23.4 Å². The third-order valence-corrected chi connectivity index (χ3v) is 7.99. The zero-order valence-corrected chi connectivity index (χ0v) is 22.3. The highest BCUT2D eigenvalue weighted by molar-refractivity contribution is 6.33. The summed E-state index contributed by atoms with van der Waals surface area (Å²) in [7, 11) is 0. The van der Waals surface area contributed by atoms with E-state index in [1.807, 2.05) is 13.8 Å². The van der Waals surface area contributed by atoms with E-state index >= 15 is 0 Å². The number of carbonyl (C=O) groups is 2. The van der Waals surface area contributed by atoms with Crippen LogP contribution < -0.4 is 0 Å². The summed E-state index contributed by atoms with van der Waals surface area (Å²) >= 11 is 6.05. The maximum atomic E-state index is 13.9. The number of hydrogen-bond donors (Lipinski definition) is 0. The van der Waals surface area contributed by atoms with E-state index in [4.69, 9.17) is 23.3 Å². The molecule has 4 heterocycles. The predicted molar refractivity (Wildman–Crippen MR) is 137 cm³/mol. The Morgan fingerprint density at radius 3 is 2.67 bits per heavy atom. The molecule has 0 saturated heterocycles. The molecule has 0 radical (unpaired) electrons. The third kappa shape index (κ3) is 4.93. The first-order valence-electron chi connectivity index (χ1n) is 12.6. The average Bonchev–Trinajstić information content (AvgIpc) is 3.48. The van der Waals surface area contributed by atoms with Crippen molar-refractivity contribution >= 4 is 29.0 Å². The summed E-state index contributed by atoms with van der Waals surface area (Å²) in [5.74, 6) is -1.33.